The fourth-order valence-corrected chi connectivity index (χ4v) is 2.71. The van der Waals surface area contributed by atoms with Gasteiger partial charge in [-0.05, 0) is 37.6 Å². The van der Waals surface area contributed by atoms with Crippen LogP contribution in [0, 0.1) is 0 Å². The number of hydrogen-bond donors (Lipinski definition) is 1. The minimum absolute atomic E-state index is 0.141. The third kappa shape index (κ3) is 3.79. The maximum atomic E-state index is 12.5. The minimum atomic E-state index is -0.141. The highest BCUT2D eigenvalue weighted by molar-refractivity contribution is 5.97. The number of aryl methyl sites for hydroxylation is 1. The molecule has 1 amide bonds. The molecule has 0 saturated carbocycles. The summed E-state index contributed by atoms with van der Waals surface area (Å²) in [4.78, 5) is 12.5. The molecule has 0 unspecified atom stereocenters. The molecule has 0 atom stereocenters. The number of nitrogens with one attached hydrogen (secondary N) is 1. The summed E-state index contributed by atoms with van der Waals surface area (Å²) in [6, 6.07) is 13.2. The molecule has 0 saturated heterocycles. The molecular weight excluding hydrogens is 316 g/mol. The lowest BCUT2D eigenvalue weighted by atomic mass is 10.1. The van der Waals surface area contributed by atoms with Gasteiger partial charge in [0.1, 0.15) is 11.3 Å². The van der Waals surface area contributed by atoms with Crippen molar-refractivity contribution in [1.82, 2.24) is 20.3 Å². The number of hydrogen-bond acceptors (Lipinski definition) is 4. The second-order valence-corrected chi connectivity index (χ2v) is 5.74. The average Bonchev–Trinajstić information content (AvgIpc) is 3.03. The molecule has 0 aliphatic heterocycles. The summed E-state index contributed by atoms with van der Waals surface area (Å²) in [5.41, 5.74) is 3.20. The van der Waals surface area contributed by atoms with Crippen LogP contribution >= 0.6 is 0 Å². The third-order valence-electron chi connectivity index (χ3n) is 3.92. The minimum Gasteiger partial charge on any atom is -0.494 e. The van der Waals surface area contributed by atoms with Crippen LogP contribution in [0.5, 0.6) is 5.75 Å². The van der Waals surface area contributed by atoms with E-state index in [-0.39, 0.29) is 5.91 Å². The Morgan fingerprint density at radius 1 is 1.20 bits per heavy atom. The number of carbonyl (C=O) groups is 1. The van der Waals surface area contributed by atoms with Gasteiger partial charge in [-0.1, -0.05) is 30.3 Å². The van der Waals surface area contributed by atoms with E-state index in [1.54, 1.807) is 6.07 Å². The number of aromatic nitrogens is 3. The van der Waals surface area contributed by atoms with Crippen molar-refractivity contribution < 1.29 is 9.53 Å². The summed E-state index contributed by atoms with van der Waals surface area (Å²) >= 11 is 0. The van der Waals surface area contributed by atoms with Crippen LogP contribution in [0.4, 0.5) is 0 Å². The van der Waals surface area contributed by atoms with Crippen molar-refractivity contribution in [3.8, 4) is 5.75 Å². The van der Waals surface area contributed by atoms with Crippen molar-refractivity contribution >= 4 is 16.9 Å². The molecular formula is C19H22N4O2. The van der Waals surface area contributed by atoms with Gasteiger partial charge >= 0.3 is 0 Å². The SMILES string of the molecule is CCCn1nnc2cc(C(=O)NCc3ccccc3OCC)ccc21. The summed E-state index contributed by atoms with van der Waals surface area (Å²) in [6.45, 7) is 5.85. The number of amides is 1. The first kappa shape index (κ1) is 17.0. The van der Waals surface area contributed by atoms with Gasteiger partial charge in [-0.15, -0.1) is 5.10 Å². The van der Waals surface area contributed by atoms with Gasteiger partial charge in [-0.3, -0.25) is 4.79 Å². The van der Waals surface area contributed by atoms with Crippen LogP contribution in [0.1, 0.15) is 36.2 Å². The van der Waals surface area contributed by atoms with Gasteiger partial charge in [0.25, 0.3) is 5.91 Å². The molecule has 1 heterocycles. The molecule has 0 fully saturated rings. The molecule has 0 aliphatic rings. The quantitative estimate of drug-likeness (QED) is 0.718. The van der Waals surface area contributed by atoms with Gasteiger partial charge in [-0.25, -0.2) is 4.68 Å². The molecule has 0 spiro atoms. The molecule has 0 radical (unpaired) electrons. The van der Waals surface area contributed by atoms with Crippen LogP contribution < -0.4 is 10.1 Å². The first-order valence-corrected chi connectivity index (χ1v) is 8.55. The van der Waals surface area contributed by atoms with Gasteiger partial charge in [0.15, 0.2) is 0 Å². The van der Waals surface area contributed by atoms with Crippen LogP contribution in [0.2, 0.25) is 0 Å². The zero-order chi connectivity index (χ0) is 17.6. The number of nitrogens with zero attached hydrogens (tertiary/aromatic N) is 3. The van der Waals surface area contributed by atoms with Crippen molar-refractivity contribution in [3.63, 3.8) is 0 Å². The van der Waals surface area contributed by atoms with E-state index in [2.05, 4.69) is 22.6 Å². The van der Waals surface area contributed by atoms with Gasteiger partial charge < -0.3 is 10.1 Å². The van der Waals surface area contributed by atoms with Gasteiger partial charge in [0.05, 0.1) is 12.1 Å². The lowest BCUT2D eigenvalue weighted by Gasteiger charge is -2.11. The Balaban J connectivity index is 1.72. The number of fused-ring (bicyclic) bond motifs is 1. The zero-order valence-electron chi connectivity index (χ0n) is 14.5. The third-order valence-corrected chi connectivity index (χ3v) is 3.92. The van der Waals surface area contributed by atoms with E-state index in [1.165, 1.54) is 0 Å². The Morgan fingerprint density at radius 3 is 2.84 bits per heavy atom. The van der Waals surface area contributed by atoms with E-state index in [0.29, 0.717) is 18.7 Å². The summed E-state index contributed by atoms with van der Waals surface area (Å²) in [5, 5.41) is 11.2. The second-order valence-electron chi connectivity index (χ2n) is 5.74. The van der Waals surface area contributed by atoms with Crippen LogP contribution in [0.3, 0.4) is 0 Å². The molecule has 1 aromatic heterocycles. The molecule has 25 heavy (non-hydrogen) atoms. The Bertz CT molecular complexity index is 873. The fraction of sp³-hybridized carbons (Fsp3) is 0.316. The van der Waals surface area contributed by atoms with Crippen LogP contribution in [0.15, 0.2) is 42.5 Å². The molecule has 6 nitrogen and oxygen atoms in total. The molecule has 2 aromatic carbocycles. The molecule has 0 aliphatic carbocycles. The van der Waals surface area contributed by atoms with Crippen LogP contribution in [-0.2, 0) is 13.1 Å². The molecule has 6 heteroatoms. The smallest absolute Gasteiger partial charge is 0.251 e. The normalized spacial score (nSPS) is 10.8. The molecule has 3 aromatic rings. The maximum absolute atomic E-state index is 12.5. The molecule has 0 bridgehead atoms. The largest absolute Gasteiger partial charge is 0.494 e. The molecule has 3 rings (SSSR count). The summed E-state index contributed by atoms with van der Waals surface area (Å²) < 4.78 is 7.44. The lowest BCUT2D eigenvalue weighted by molar-refractivity contribution is 0.0950. The highest BCUT2D eigenvalue weighted by Gasteiger charge is 2.11. The van der Waals surface area contributed by atoms with E-state index in [0.717, 1.165) is 35.3 Å². The number of rotatable bonds is 7. The first-order chi connectivity index (χ1) is 12.2. The van der Waals surface area contributed by atoms with Crippen molar-refractivity contribution in [2.75, 3.05) is 6.61 Å². The summed E-state index contributed by atoms with van der Waals surface area (Å²) in [6.07, 6.45) is 0.986. The highest BCUT2D eigenvalue weighted by atomic mass is 16.5. The van der Waals surface area contributed by atoms with E-state index in [9.17, 15) is 4.79 Å². The van der Waals surface area contributed by atoms with Gasteiger partial charge in [0.2, 0.25) is 0 Å². The van der Waals surface area contributed by atoms with Crippen LogP contribution in [-0.4, -0.2) is 27.5 Å². The van der Waals surface area contributed by atoms with Gasteiger partial charge in [-0.2, -0.15) is 0 Å². The molecule has 1 N–H and O–H groups in total. The predicted molar refractivity (Wildman–Crippen MR) is 96.6 cm³/mol. The maximum Gasteiger partial charge on any atom is 0.251 e. The van der Waals surface area contributed by atoms with Gasteiger partial charge in [0, 0.05) is 24.2 Å². The summed E-state index contributed by atoms with van der Waals surface area (Å²) in [7, 11) is 0. The molecule has 130 valence electrons. The summed E-state index contributed by atoms with van der Waals surface area (Å²) in [5.74, 6) is 0.654. The first-order valence-electron chi connectivity index (χ1n) is 8.55. The predicted octanol–water partition coefficient (Wildman–Crippen LogP) is 3.17. The van der Waals surface area contributed by atoms with Crippen molar-refractivity contribution in [2.24, 2.45) is 0 Å². The van der Waals surface area contributed by atoms with E-state index in [4.69, 9.17) is 4.74 Å². The number of ether oxygens (including phenoxy) is 1. The average molecular weight is 338 g/mol. The number of benzene rings is 2. The Labute approximate surface area is 146 Å². The Morgan fingerprint density at radius 2 is 2.04 bits per heavy atom. The highest BCUT2D eigenvalue weighted by Crippen LogP contribution is 2.18. The standard InChI is InChI=1S/C19H22N4O2/c1-3-11-23-17-10-9-14(12-16(17)21-22-23)19(24)20-13-15-7-5-6-8-18(15)25-4-2/h5-10,12H,3-4,11,13H2,1-2H3,(H,20,24). The Kier molecular flexibility index (Phi) is 5.28. The van der Waals surface area contributed by atoms with E-state index >= 15 is 0 Å². The zero-order valence-corrected chi connectivity index (χ0v) is 14.5. The van der Waals surface area contributed by atoms with Crippen molar-refractivity contribution in [2.45, 2.75) is 33.4 Å². The Hall–Kier alpha value is -2.89. The van der Waals surface area contributed by atoms with E-state index < -0.39 is 0 Å². The van der Waals surface area contributed by atoms with Crippen molar-refractivity contribution in [3.05, 3.63) is 53.6 Å². The van der Waals surface area contributed by atoms with Crippen LogP contribution in [0.25, 0.3) is 11.0 Å². The lowest BCUT2D eigenvalue weighted by Crippen LogP contribution is -2.23. The number of carbonyl (C=O) groups excluding carboxylic acids is 1. The second kappa shape index (κ2) is 7.79. The number of para-hydroxylation sites is 1. The topological polar surface area (TPSA) is 69.0 Å². The van der Waals surface area contributed by atoms with E-state index in [1.807, 2.05) is 48.0 Å². The fourth-order valence-electron chi connectivity index (χ4n) is 2.71. The monoisotopic (exact) mass is 338 g/mol. The van der Waals surface area contributed by atoms with Crippen molar-refractivity contribution in [1.29, 1.82) is 0 Å².